The van der Waals surface area contributed by atoms with E-state index >= 15 is 0 Å². The first-order valence-electron chi connectivity index (χ1n) is 7.75. The van der Waals surface area contributed by atoms with Crippen molar-refractivity contribution in [2.75, 3.05) is 0 Å². The molecule has 0 bridgehead atoms. The van der Waals surface area contributed by atoms with Crippen LogP contribution in [0.2, 0.25) is 0 Å². The van der Waals surface area contributed by atoms with E-state index < -0.39 is 6.04 Å². The van der Waals surface area contributed by atoms with Crippen molar-refractivity contribution in [2.45, 2.75) is 58.2 Å². The van der Waals surface area contributed by atoms with Gasteiger partial charge in [0.05, 0.1) is 12.5 Å². The predicted octanol–water partition coefficient (Wildman–Crippen LogP) is 2.65. The van der Waals surface area contributed by atoms with Crippen LogP contribution in [0, 0.1) is 0 Å². The molecule has 4 heteroatoms. The maximum absolute atomic E-state index is 12.4. The number of benzene rings is 1. The summed E-state index contributed by atoms with van der Waals surface area (Å²) in [5.41, 5.74) is 1.15. The second-order valence-electron chi connectivity index (χ2n) is 5.65. The predicted molar refractivity (Wildman–Crippen MR) is 82.6 cm³/mol. The van der Waals surface area contributed by atoms with Crippen LogP contribution in [0.3, 0.4) is 0 Å². The van der Waals surface area contributed by atoms with Crippen LogP contribution in [0.1, 0.15) is 51.6 Å². The summed E-state index contributed by atoms with van der Waals surface area (Å²) < 4.78 is 0. The lowest BCUT2D eigenvalue weighted by Gasteiger charge is -2.24. The minimum atomic E-state index is -0.392. The highest BCUT2D eigenvalue weighted by molar-refractivity contribution is 6.05. The lowest BCUT2D eigenvalue weighted by atomic mass is 10.0. The smallest absolute Gasteiger partial charge is 0.247 e. The summed E-state index contributed by atoms with van der Waals surface area (Å²) in [5, 5.41) is 3.36. The zero-order valence-corrected chi connectivity index (χ0v) is 13.0. The Bertz CT molecular complexity index is 501. The van der Waals surface area contributed by atoms with Gasteiger partial charge in [-0.25, -0.2) is 0 Å². The lowest BCUT2D eigenvalue weighted by molar-refractivity contribution is -0.141. The van der Waals surface area contributed by atoms with Gasteiger partial charge in [0.15, 0.2) is 0 Å². The molecule has 0 radical (unpaired) electrons. The Balaban J connectivity index is 2.09. The molecule has 1 aromatic rings. The Morgan fingerprint density at radius 3 is 2.43 bits per heavy atom. The number of hydrogen-bond donors (Lipinski definition) is 1. The van der Waals surface area contributed by atoms with E-state index in [4.69, 9.17) is 0 Å². The molecule has 0 aromatic heterocycles. The van der Waals surface area contributed by atoms with Gasteiger partial charge in [0.2, 0.25) is 11.8 Å². The second kappa shape index (κ2) is 6.85. The number of carbonyl (C=O) groups excluding carboxylic acids is 2. The van der Waals surface area contributed by atoms with E-state index in [1.807, 2.05) is 32.0 Å². The van der Waals surface area contributed by atoms with Crippen LogP contribution in [-0.2, 0) is 9.59 Å². The molecular weight excluding hydrogens is 264 g/mol. The number of rotatable bonds is 6. The van der Waals surface area contributed by atoms with Gasteiger partial charge in [0.1, 0.15) is 0 Å². The molecule has 1 aliphatic rings. The highest BCUT2D eigenvalue weighted by Gasteiger charge is 2.41. The van der Waals surface area contributed by atoms with Gasteiger partial charge in [-0.15, -0.1) is 0 Å². The highest BCUT2D eigenvalue weighted by Crippen LogP contribution is 2.23. The van der Waals surface area contributed by atoms with Crippen molar-refractivity contribution in [3.05, 3.63) is 35.9 Å². The van der Waals surface area contributed by atoms with Crippen molar-refractivity contribution in [2.24, 2.45) is 0 Å². The van der Waals surface area contributed by atoms with Crippen LogP contribution in [0.25, 0.3) is 0 Å². The number of amides is 2. The highest BCUT2D eigenvalue weighted by atomic mass is 16.2. The van der Waals surface area contributed by atoms with Crippen LogP contribution < -0.4 is 5.32 Å². The average molecular weight is 288 g/mol. The van der Waals surface area contributed by atoms with Crippen molar-refractivity contribution >= 4 is 11.8 Å². The zero-order chi connectivity index (χ0) is 15.4. The van der Waals surface area contributed by atoms with Gasteiger partial charge in [-0.2, -0.15) is 0 Å². The minimum Gasteiger partial charge on any atom is -0.299 e. The Labute approximate surface area is 126 Å². The molecule has 0 aliphatic carbocycles. The number of nitrogens with one attached hydrogen (secondary N) is 1. The molecule has 0 spiro atoms. The average Bonchev–Trinajstić information content (AvgIpc) is 2.79. The Morgan fingerprint density at radius 1 is 1.19 bits per heavy atom. The first kappa shape index (κ1) is 15.7. The quantitative estimate of drug-likeness (QED) is 0.819. The summed E-state index contributed by atoms with van der Waals surface area (Å²) in [6, 6.07) is 9.75. The van der Waals surface area contributed by atoms with Crippen LogP contribution >= 0.6 is 0 Å². The number of hydrogen-bond acceptors (Lipinski definition) is 3. The molecule has 1 heterocycles. The summed E-state index contributed by atoms with van der Waals surface area (Å²) in [7, 11) is 0. The fraction of sp³-hybridized carbons (Fsp3) is 0.529. The van der Waals surface area contributed by atoms with E-state index in [0.29, 0.717) is 0 Å². The van der Waals surface area contributed by atoms with Crippen molar-refractivity contribution in [1.82, 2.24) is 10.2 Å². The normalized spacial score (nSPS) is 21.7. The molecular formula is C17H24N2O2. The first-order chi connectivity index (χ1) is 10.1. The van der Waals surface area contributed by atoms with E-state index in [-0.39, 0.29) is 30.3 Å². The maximum Gasteiger partial charge on any atom is 0.247 e. The molecule has 3 atom stereocenters. The number of nitrogens with zero attached hydrogens (tertiary/aromatic N) is 1. The largest absolute Gasteiger partial charge is 0.299 e. The van der Waals surface area contributed by atoms with Crippen molar-refractivity contribution in [3.63, 3.8) is 0 Å². The lowest BCUT2D eigenvalue weighted by Crippen LogP contribution is -2.43. The Kier molecular flexibility index (Phi) is 5.12. The van der Waals surface area contributed by atoms with Gasteiger partial charge >= 0.3 is 0 Å². The number of carbonyl (C=O) groups is 2. The van der Waals surface area contributed by atoms with Gasteiger partial charge in [-0.05, 0) is 25.3 Å². The molecule has 1 N–H and O–H groups in total. The third kappa shape index (κ3) is 3.32. The van der Waals surface area contributed by atoms with Gasteiger partial charge < -0.3 is 0 Å². The van der Waals surface area contributed by atoms with Crippen LogP contribution in [-0.4, -0.2) is 28.8 Å². The molecule has 1 aromatic carbocycles. The summed E-state index contributed by atoms with van der Waals surface area (Å²) in [5.74, 6) is -0.140. The summed E-state index contributed by atoms with van der Waals surface area (Å²) in [4.78, 5) is 25.9. The topological polar surface area (TPSA) is 49.4 Å². The fourth-order valence-electron chi connectivity index (χ4n) is 2.80. The number of imide groups is 1. The van der Waals surface area contributed by atoms with E-state index in [1.165, 1.54) is 4.90 Å². The monoisotopic (exact) mass is 288 g/mol. The van der Waals surface area contributed by atoms with Crippen LogP contribution in [0.4, 0.5) is 0 Å². The molecule has 1 aliphatic heterocycles. The Morgan fingerprint density at radius 2 is 1.86 bits per heavy atom. The minimum absolute atomic E-state index is 0.0198. The van der Waals surface area contributed by atoms with Gasteiger partial charge in [0.25, 0.3) is 0 Å². The van der Waals surface area contributed by atoms with Gasteiger partial charge in [-0.1, -0.05) is 44.2 Å². The van der Waals surface area contributed by atoms with E-state index in [0.717, 1.165) is 18.4 Å². The third-order valence-corrected chi connectivity index (χ3v) is 4.23. The molecule has 4 nitrogen and oxygen atoms in total. The van der Waals surface area contributed by atoms with Crippen molar-refractivity contribution in [3.8, 4) is 0 Å². The van der Waals surface area contributed by atoms with Gasteiger partial charge in [0, 0.05) is 12.1 Å². The molecule has 1 fully saturated rings. The molecule has 2 rings (SSSR count). The molecule has 3 unspecified atom stereocenters. The van der Waals surface area contributed by atoms with Crippen molar-refractivity contribution < 1.29 is 9.59 Å². The molecule has 1 saturated heterocycles. The summed E-state index contributed by atoms with van der Waals surface area (Å²) in [6.07, 6.45) is 1.94. The molecule has 2 amide bonds. The molecule has 21 heavy (non-hydrogen) atoms. The SMILES string of the molecule is CCC(NC1CC(=O)N(C(C)CC)C1=O)c1ccccc1. The third-order valence-electron chi connectivity index (χ3n) is 4.23. The van der Waals surface area contributed by atoms with Crippen molar-refractivity contribution in [1.29, 1.82) is 0 Å². The standard InChI is InChI=1S/C17H24N2O2/c1-4-12(3)19-16(20)11-15(17(19)21)18-14(5-2)13-9-7-6-8-10-13/h6-10,12,14-15,18H,4-5,11H2,1-3H3. The first-order valence-corrected chi connectivity index (χ1v) is 7.75. The van der Waals surface area contributed by atoms with E-state index in [9.17, 15) is 9.59 Å². The second-order valence-corrected chi connectivity index (χ2v) is 5.65. The fourth-order valence-corrected chi connectivity index (χ4v) is 2.80. The van der Waals surface area contributed by atoms with Gasteiger partial charge in [-0.3, -0.25) is 19.8 Å². The number of likely N-dealkylation sites (tertiary alicyclic amines) is 1. The summed E-state index contributed by atoms with van der Waals surface area (Å²) >= 11 is 0. The van der Waals surface area contributed by atoms with Crippen LogP contribution in [0.15, 0.2) is 30.3 Å². The van der Waals surface area contributed by atoms with E-state index in [2.05, 4.69) is 24.4 Å². The summed E-state index contributed by atoms with van der Waals surface area (Å²) in [6.45, 7) is 6.00. The molecule has 114 valence electrons. The zero-order valence-electron chi connectivity index (χ0n) is 13.0. The maximum atomic E-state index is 12.4. The van der Waals surface area contributed by atoms with Crippen LogP contribution in [0.5, 0.6) is 0 Å². The molecule has 0 saturated carbocycles. The van der Waals surface area contributed by atoms with E-state index in [1.54, 1.807) is 0 Å². The Hall–Kier alpha value is -1.68.